The zero-order chi connectivity index (χ0) is 16.2. The molecule has 1 saturated heterocycles. The molecule has 24 heavy (non-hydrogen) atoms. The van der Waals surface area contributed by atoms with Crippen molar-refractivity contribution in [1.29, 1.82) is 0 Å². The molecule has 3 N–H and O–H groups in total. The zero-order valence-corrected chi connectivity index (χ0v) is 14.6. The van der Waals surface area contributed by atoms with Crippen LogP contribution in [-0.4, -0.2) is 34.9 Å². The summed E-state index contributed by atoms with van der Waals surface area (Å²) in [5.41, 5.74) is 7.45. The standard InChI is InChI=1S/C16H19ClN4O2.ClH/c17-13-10-12(2-3-14(13)21-7-1-6-19-21)20-16(22)15(18)11-4-8-23-9-5-11;/h1-3,6-7,10-11,15H,4-5,8-9,18H2,(H,20,22);1H. The van der Waals surface area contributed by atoms with E-state index >= 15 is 0 Å². The van der Waals surface area contributed by atoms with Crippen LogP contribution in [0.2, 0.25) is 5.02 Å². The second-order valence-corrected chi connectivity index (χ2v) is 5.99. The van der Waals surface area contributed by atoms with Crippen LogP contribution in [-0.2, 0) is 9.53 Å². The Kier molecular flexibility index (Phi) is 6.62. The van der Waals surface area contributed by atoms with Crippen molar-refractivity contribution in [3.63, 3.8) is 0 Å². The van der Waals surface area contributed by atoms with Gasteiger partial charge in [-0.25, -0.2) is 4.68 Å². The molecule has 130 valence electrons. The lowest BCUT2D eigenvalue weighted by molar-refractivity contribution is -0.119. The van der Waals surface area contributed by atoms with Crippen molar-refractivity contribution < 1.29 is 9.53 Å². The van der Waals surface area contributed by atoms with Crippen molar-refractivity contribution in [3.05, 3.63) is 41.7 Å². The predicted octanol–water partition coefficient (Wildman–Crippen LogP) is 2.64. The number of carbonyl (C=O) groups is 1. The molecule has 8 heteroatoms. The number of aromatic nitrogens is 2. The van der Waals surface area contributed by atoms with Crippen molar-refractivity contribution in [3.8, 4) is 5.69 Å². The summed E-state index contributed by atoms with van der Waals surface area (Å²) in [7, 11) is 0. The van der Waals surface area contributed by atoms with E-state index in [4.69, 9.17) is 22.1 Å². The van der Waals surface area contributed by atoms with Crippen LogP contribution in [0, 0.1) is 5.92 Å². The molecular weight excluding hydrogens is 351 g/mol. The third-order valence-electron chi connectivity index (χ3n) is 4.04. The van der Waals surface area contributed by atoms with E-state index in [2.05, 4.69) is 10.4 Å². The van der Waals surface area contributed by atoms with Gasteiger partial charge in [-0.2, -0.15) is 5.10 Å². The van der Waals surface area contributed by atoms with E-state index in [1.807, 2.05) is 12.1 Å². The lowest BCUT2D eigenvalue weighted by Crippen LogP contribution is -2.44. The van der Waals surface area contributed by atoms with E-state index in [1.165, 1.54) is 0 Å². The minimum absolute atomic E-state index is 0. The lowest BCUT2D eigenvalue weighted by atomic mass is 9.92. The Balaban J connectivity index is 0.00000208. The van der Waals surface area contributed by atoms with Crippen LogP contribution in [0.3, 0.4) is 0 Å². The number of carbonyl (C=O) groups excluding carboxylic acids is 1. The van der Waals surface area contributed by atoms with Gasteiger partial charge < -0.3 is 15.8 Å². The summed E-state index contributed by atoms with van der Waals surface area (Å²) in [6.07, 6.45) is 5.11. The van der Waals surface area contributed by atoms with Gasteiger partial charge in [-0.05, 0) is 43.0 Å². The number of halogens is 2. The number of nitrogens with one attached hydrogen (secondary N) is 1. The molecule has 0 spiro atoms. The van der Waals surface area contributed by atoms with Crippen LogP contribution in [0.15, 0.2) is 36.7 Å². The maximum atomic E-state index is 12.3. The molecule has 1 atom stereocenters. The molecule has 1 unspecified atom stereocenters. The molecule has 6 nitrogen and oxygen atoms in total. The fraction of sp³-hybridized carbons (Fsp3) is 0.375. The Morgan fingerprint density at radius 1 is 1.42 bits per heavy atom. The van der Waals surface area contributed by atoms with E-state index in [0.29, 0.717) is 23.9 Å². The summed E-state index contributed by atoms with van der Waals surface area (Å²) in [4.78, 5) is 12.3. The summed E-state index contributed by atoms with van der Waals surface area (Å²) in [6, 6.07) is 6.58. The number of nitrogens with zero attached hydrogens (tertiary/aromatic N) is 2. The van der Waals surface area contributed by atoms with Gasteiger partial charge in [-0.1, -0.05) is 11.6 Å². The fourth-order valence-electron chi connectivity index (χ4n) is 2.70. The third kappa shape index (κ3) is 4.27. The first-order valence-corrected chi connectivity index (χ1v) is 7.96. The van der Waals surface area contributed by atoms with Crippen molar-refractivity contribution >= 4 is 35.6 Å². The lowest BCUT2D eigenvalue weighted by Gasteiger charge is -2.26. The summed E-state index contributed by atoms with van der Waals surface area (Å²) >= 11 is 6.27. The van der Waals surface area contributed by atoms with Crippen molar-refractivity contribution in [2.75, 3.05) is 18.5 Å². The van der Waals surface area contributed by atoms with Gasteiger partial charge >= 0.3 is 0 Å². The number of amides is 1. The van der Waals surface area contributed by atoms with Crippen LogP contribution in [0.1, 0.15) is 12.8 Å². The zero-order valence-electron chi connectivity index (χ0n) is 13.0. The largest absolute Gasteiger partial charge is 0.381 e. The highest BCUT2D eigenvalue weighted by molar-refractivity contribution is 6.32. The summed E-state index contributed by atoms with van der Waals surface area (Å²) in [5, 5.41) is 7.48. The average molecular weight is 371 g/mol. The molecule has 0 bridgehead atoms. The molecular formula is C16H20Cl2N4O2. The Bertz CT molecular complexity index is 673. The molecule has 3 rings (SSSR count). The van der Waals surface area contributed by atoms with Gasteiger partial charge in [0.1, 0.15) is 0 Å². The number of benzene rings is 1. The topological polar surface area (TPSA) is 82.2 Å². The summed E-state index contributed by atoms with van der Waals surface area (Å²) < 4.78 is 6.97. The molecule has 1 aromatic carbocycles. The molecule has 0 aliphatic carbocycles. The third-order valence-corrected chi connectivity index (χ3v) is 4.35. The SMILES string of the molecule is Cl.NC(C(=O)Nc1ccc(-n2cccn2)c(Cl)c1)C1CCOCC1. The van der Waals surface area contributed by atoms with E-state index in [-0.39, 0.29) is 24.2 Å². The predicted molar refractivity (Wildman–Crippen MR) is 96.0 cm³/mol. The highest BCUT2D eigenvalue weighted by Gasteiger charge is 2.26. The van der Waals surface area contributed by atoms with Gasteiger partial charge in [0.2, 0.25) is 5.91 Å². The number of anilines is 1. The normalized spacial score (nSPS) is 16.2. The fourth-order valence-corrected chi connectivity index (χ4v) is 2.96. The maximum absolute atomic E-state index is 12.3. The van der Waals surface area contributed by atoms with Gasteiger partial charge in [0.15, 0.2) is 0 Å². The minimum Gasteiger partial charge on any atom is -0.381 e. The number of hydrogen-bond donors (Lipinski definition) is 2. The molecule has 2 heterocycles. The quantitative estimate of drug-likeness (QED) is 0.866. The average Bonchev–Trinajstić information content (AvgIpc) is 3.09. The van der Waals surface area contributed by atoms with E-state index in [1.54, 1.807) is 29.2 Å². The van der Waals surface area contributed by atoms with Crippen LogP contribution in [0.4, 0.5) is 5.69 Å². The molecule has 1 amide bonds. The van der Waals surface area contributed by atoms with Crippen LogP contribution in [0.5, 0.6) is 0 Å². The van der Waals surface area contributed by atoms with Crippen molar-refractivity contribution in [2.24, 2.45) is 11.7 Å². The molecule has 0 saturated carbocycles. The first-order chi connectivity index (χ1) is 11.1. The van der Waals surface area contributed by atoms with Crippen molar-refractivity contribution in [1.82, 2.24) is 9.78 Å². The summed E-state index contributed by atoms with van der Waals surface area (Å²) in [6.45, 7) is 1.33. The van der Waals surface area contributed by atoms with Gasteiger partial charge in [-0.3, -0.25) is 4.79 Å². The monoisotopic (exact) mass is 370 g/mol. The molecule has 0 radical (unpaired) electrons. The van der Waals surface area contributed by atoms with Crippen LogP contribution < -0.4 is 11.1 Å². The molecule has 1 aliphatic rings. The molecule has 1 aliphatic heterocycles. The number of nitrogens with two attached hydrogens (primary N) is 1. The van der Waals surface area contributed by atoms with Gasteiger partial charge in [0, 0.05) is 31.3 Å². The van der Waals surface area contributed by atoms with E-state index in [0.717, 1.165) is 18.5 Å². The Morgan fingerprint density at radius 3 is 2.79 bits per heavy atom. The maximum Gasteiger partial charge on any atom is 0.241 e. The number of hydrogen-bond acceptors (Lipinski definition) is 4. The second kappa shape index (κ2) is 8.48. The Morgan fingerprint density at radius 2 is 2.17 bits per heavy atom. The molecule has 1 aromatic heterocycles. The Hall–Kier alpha value is -1.60. The minimum atomic E-state index is -0.538. The highest BCUT2D eigenvalue weighted by Crippen LogP contribution is 2.25. The first kappa shape index (κ1) is 18.7. The smallest absolute Gasteiger partial charge is 0.241 e. The van der Waals surface area contributed by atoms with Crippen LogP contribution >= 0.6 is 24.0 Å². The number of rotatable bonds is 4. The van der Waals surface area contributed by atoms with E-state index < -0.39 is 6.04 Å². The van der Waals surface area contributed by atoms with Gasteiger partial charge in [0.25, 0.3) is 0 Å². The van der Waals surface area contributed by atoms with Crippen molar-refractivity contribution in [2.45, 2.75) is 18.9 Å². The van der Waals surface area contributed by atoms with Gasteiger partial charge in [-0.15, -0.1) is 12.4 Å². The van der Waals surface area contributed by atoms with Crippen LogP contribution in [0.25, 0.3) is 5.69 Å². The van der Waals surface area contributed by atoms with Gasteiger partial charge in [0.05, 0.1) is 16.8 Å². The molecule has 2 aromatic rings. The second-order valence-electron chi connectivity index (χ2n) is 5.58. The highest BCUT2D eigenvalue weighted by atomic mass is 35.5. The number of ether oxygens (including phenoxy) is 1. The summed E-state index contributed by atoms with van der Waals surface area (Å²) in [5.74, 6) is -0.0395. The Labute approximate surface area is 151 Å². The first-order valence-electron chi connectivity index (χ1n) is 7.59. The van der Waals surface area contributed by atoms with E-state index in [9.17, 15) is 4.79 Å². The molecule has 1 fully saturated rings.